The van der Waals surface area contributed by atoms with Gasteiger partial charge in [-0.1, -0.05) is 18.2 Å². The third kappa shape index (κ3) is 2.94. The Morgan fingerprint density at radius 3 is 2.53 bits per heavy atom. The van der Waals surface area contributed by atoms with Crippen molar-refractivity contribution in [3.63, 3.8) is 0 Å². The molecule has 1 aromatic carbocycles. The van der Waals surface area contributed by atoms with Crippen molar-refractivity contribution in [2.45, 2.75) is 13.8 Å². The lowest BCUT2D eigenvalue weighted by Gasteiger charge is -2.04. The fourth-order valence-electron chi connectivity index (χ4n) is 1.65. The smallest absolute Gasteiger partial charge is 0.201 e. The van der Waals surface area contributed by atoms with Crippen LogP contribution in [0.1, 0.15) is 20.1 Å². The standard InChI is InChI=1S/C14H14O2S/c1-10-8-13(11(2)17-10)14(15)9-16-12-6-4-3-5-7-12/h3-8H,9H2,1-2H3. The van der Waals surface area contributed by atoms with Crippen LogP contribution in [0.25, 0.3) is 0 Å². The molecule has 0 aliphatic carbocycles. The Morgan fingerprint density at radius 1 is 1.24 bits per heavy atom. The number of Topliss-reactive ketones (excluding diaryl/α,β-unsaturated/α-hetero) is 1. The van der Waals surface area contributed by atoms with Gasteiger partial charge >= 0.3 is 0 Å². The van der Waals surface area contributed by atoms with E-state index < -0.39 is 0 Å². The van der Waals surface area contributed by atoms with Crippen molar-refractivity contribution in [3.8, 4) is 5.75 Å². The summed E-state index contributed by atoms with van der Waals surface area (Å²) in [5, 5.41) is 0. The molecule has 2 nitrogen and oxygen atoms in total. The molecule has 0 saturated carbocycles. The fourth-order valence-corrected chi connectivity index (χ4v) is 2.59. The zero-order valence-corrected chi connectivity index (χ0v) is 10.7. The maximum Gasteiger partial charge on any atom is 0.201 e. The van der Waals surface area contributed by atoms with Crippen molar-refractivity contribution in [3.05, 3.63) is 51.7 Å². The molecule has 0 N–H and O–H groups in total. The van der Waals surface area contributed by atoms with Crippen LogP contribution in [0.4, 0.5) is 0 Å². The van der Waals surface area contributed by atoms with Gasteiger partial charge in [-0.25, -0.2) is 0 Å². The minimum Gasteiger partial charge on any atom is -0.485 e. The Labute approximate surface area is 105 Å². The average molecular weight is 246 g/mol. The molecule has 3 heteroatoms. The van der Waals surface area contributed by atoms with Gasteiger partial charge in [-0.2, -0.15) is 0 Å². The monoisotopic (exact) mass is 246 g/mol. The van der Waals surface area contributed by atoms with E-state index in [0.717, 1.165) is 21.1 Å². The second kappa shape index (κ2) is 5.15. The zero-order chi connectivity index (χ0) is 12.3. The van der Waals surface area contributed by atoms with Crippen LogP contribution in [0.3, 0.4) is 0 Å². The predicted molar refractivity (Wildman–Crippen MR) is 70.1 cm³/mol. The van der Waals surface area contributed by atoms with Crippen LogP contribution in [-0.2, 0) is 0 Å². The van der Waals surface area contributed by atoms with Crippen molar-refractivity contribution < 1.29 is 9.53 Å². The number of aryl methyl sites for hydroxylation is 2. The Kier molecular flexibility index (Phi) is 3.59. The molecule has 0 aliphatic rings. The Hall–Kier alpha value is -1.61. The van der Waals surface area contributed by atoms with Crippen molar-refractivity contribution >= 4 is 17.1 Å². The van der Waals surface area contributed by atoms with Gasteiger partial charge in [-0.15, -0.1) is 11.3 Å². The summed E-state index contributed by atoms with van der Waals surface area (Å²) in [6.07, 6.45) is 0. The summed E-state index contributed by atoms with van der Waals surface area (Å²) in [7, 11) is 0. The second-order valence-corrected chi connectivity index (χ2v) is 5.31. The number of carbonyl (C=O) groups excluding carboxylic acids is 1. The van der Waals surface area contributed by atoms with E-state index in [9.17, 15) is 4.79 Å². The van der Waals surface area contributed by atoms with Crippen LogP contribution >= 0.6 is 11.3 Å². The molecule has 0 fully saturated rings. The summed E-state index contributed by atoms with van der Waals surface area (Å²) in [5.41, 5.74) is 0.781. The summed E-state index contributed by atoms with van der Waals surface area (Å²) in [6.45, 7) is 4.07. The Bertz CT molecular complexity index is 514. The Morgan fingerprint density at radius 2 is 1.94 bits per heavy atom. The third-order valence-electron chi connectivity index (χ3n) is 2.45. The largest absolute Gasteiger partial charge is 0.485 e. The molecule has 0 spiro atoms. The first-order chi connectivity index (χ1) is 8.16. The number of para-hydroxylation sites is 1. The molecule has 1 heterocycles. The lowest BCUT2D eigenvalue weighted by molar-refractivity contribution is 0.0921. The quantitative estimate of drug-likeness (QED) is 0.770. The van der Waals surface area contributed by atoms with Crippen LogP contribution in [0.15, 0.2) is 36.4 Å². The minimum absolute atomic E-state index is 0.0377. The predicted octanol–water partition coefficient (Wildman–Crippen LogP) is 3.63. The SMILES string of the molecule is Cc1cc(C(=O)COc2ccccc2)c(C)s1. The van der Waals surface area contributed by atoms with E-state index in [2.05, 4.69) is 0 Å². The van der Waals surface area contributed by atoms with Crippen LogP contribution in [-0.4, -0.2) is 12.4 Å². The third-order valence-corrected chi connectivity index (χ3v) is 3.42. The highest BCUT2D eigenvalue weighted by molar-refractivity contribution is 7.12. The van der Waals surface area contributed by atoms with Crippen LogP contribution < -0.4 is 4.74 Å². The van der Waals surface area contributed by atoms with Gasteiger partial charge in [0.25, 0.3) is 0 Å². The molecular formula is C14H14O2S. The van der Waals surface area contributed by atoms with Gasteiger partial charge in [-0.05, 0) is 32.0 Å². The average Bonchev–Trinajstić information content (AvgIpc) is 2.67. The molecule has 0 unspecified atom stereocenters. The molecule has 0 amide bonds. The van der Waals surface area contributed by atoms with Gasteiger partial charge < -0.3 is 4.74 Å². The molecule has 2 rings (SSSR count). The first-order valence-electron chi connectivity index (χ1n) is 5.45. The second-order valence-electron chi connectivity index (χ2n) is 3.85. The zero-order valence-electron chi connectivity index (χ0n) is 9.90. The lowest BCUT2D eigenvalue weighted by Crippen LogP contribution is -2.11. The van der Waals surface area contributed by atoms with E-state index in [1.165, 1.54) is 0 Å². The van der Waals surface area contributed by atoms with Crippen molar-refractivity contribution in [2.24, 2.45) is 0 Å². The van der Waals surface area contributed by atoms with E-state index >= 15 is 0 Å². The number of rotatable bonds is 4. The topological polar surface area (TPSA) is 26.3 Å². The van der Waals surface area contributed by atoms with E-state index in [1.807, 2.05) is 50.2 Å². The Balaban J connectivity index is 2.01. The molecule has 0 bridgehead atoms. The number of ketones is 1. The molecule has 1 aromatic heterocycles. The van der Waals surface area contributed by atoms with Gasteiger partial charge in [0.1, 0.15) is 5.75 Å². The molecule has 0 radical (unpaired) electrons. The van der Waals surface area contributed by atoms with E-state index in [1.54, 1.807) is 11.3 Å². The molecule has 0 saturated heterocycles. The maximum absolute atomic E-state index is 11.9. The maximum atomic E-state index is 11.9. The highest BCUT2D eigenvalue weighted by Crippen LogP contribution is 2.21. The summed E-state index contributed by atoms with van der Waals surface area (Å²) in [6, 6.07) is 11.3. The minimum atomic E-state index is 0.0377. The van der Waals surface area contributed by atoms with Crippen molar-refractivity contribution in [2.75, 3.05) is 6.61 Å². The summed E-state index contributed by atoms with van der Waals surface area (Å²) in [5.74, 6) is 0.765. The van der Waals surface area contributed by atoms with Gasteiger partial charge in [-0.3, -0.25) is 4.79 Å². The van der Waals surface area contributed by atoms with Gasteiger partial charge in [0.15, 0.2) is 6.61 Å². The molecule has 0 atom stereocenters. The van der Waals surface area contributed by atoms with E-state index in [0.29, 0.717) is 0 Å². The van der Waals surface area contributed by atoms with Crippen molar-refractivity contribution in [1.82, 2.24) is 0 Å². The fraction of sp³-hybridized carbons (Fsp3) is 0.214. The first-order valence-corrected chi connectivity index (χ1v) is 6.26. The van der Waals surface area contributed by atoms with Crippen LogP contribution in [0.5, 0.6) is 5.75 Å². The summed E-state index contributed by atoms with van der Waals surface area (Å²) >= 11 is 1.64. The van der Waals surface area contributed by atoms with Crippen LogP contribution in [0, 0.1) is 13.8 Å². The number of hydrogen-bond acceptors (Lipinski definition) is 3. The van der Waals surface area contributed by atoms with Crippen molar-refractivity contribution in [1.29, 1.82) is 0 Å². The number of benzene rings is 1. The normalized spacial score (nSPS) is 10.2. The molecule has 17 heavy (non-hydrogen) atoms. The molecule has 0 aliphatic heterocycles. The number of ether oxygens (including phenoxy) is 1. The molecule has 88 valence electrons. The lowest BCUT2D eigenvalue weighted by atomic mass is 10.2. The van der Waals surface area contributed by atoms with E-state index in [4.69, 9.17) is 4.74 Å². The number of carbonyl (C=O) groups is 1. The molecule has 2 aromatic rings. The van der Waals surface area contributed by atoms with Gasteiger partial charge in [0.05, 0.1) is 0 Å². The first kappa shape index (κ1) is 11.9. The van der Waals surface area contributed by atoms with E-state index in [-0.39, 0.29) is 12.4 Å². The number of hydrogen-bond donors (Lipinski definition) is 0. The molecular weight excluding hydrogens is 232 g/mol. The summed E-state index contributed by atoms with van der Waals surface area (Å²) in [4.78, 5) is 14.2. The highest BCUT2D eigenvalue weighted by Gasteiger charge is 2.12. The van der Waals surface area contributed by atoms with Crippen LogP contribution in [0.2, 0.25) is 0 Å². The highest BCUT2D eigenvalue weighted by atomic mass is 32.1. The van der Waals surface area contributed by atoms with Gasteiger partial charge in [0.2, 0.25) is 5.78 Å². The summed E-state index contributed by atoms with van der Waals surface area (Å²) < 4.78 is 5.44. The van der Waals surface area contributed by atoms with Gasteiger partial charge in [0, 0.05) is 15.3 Å². The number of thiophene rings is 1.